The van der Waals surface area contributed by atoms with E-state index in [1.165, 1.54) is 32.1 Å². The number of methoxy groups -OCH3 is 1. The lowest BCUT2D eigenvalue weighted by Crippen LogP contribution is -2.40. The minimum absolute atomic E-state index is 0.357. The monoisotopic (exact) mass is 185 g/mol. The first kappa shape index (κ1) is 11.0. The number of hydrogen-bond acceptors (Lipinski definition) is 2. The van der Waals surface area contributed by atoms with E-state index in [0.717, 1.165) is 6.42 Å². The molecule has 78 valence electrons. The SMILES string of the molecule is CCCC(N)C1CCCCC1OC. The zero-order valence-corrected chi connectivity index (χ0v) is 8.96. The van der Waals surface area contributed by atoms with Gasteiger partial charge in [0.15, 0.2) is 0 Å². The summed E-state index contributed by atoms with van der Waals surface area (Å²) in [4.78, 5) is 0. The Hall–Kier alpha value is -0.0800. The fourth-order valence-corrected chi connectivity index (χ4v) is 2.46. The van der Waals surface area contributed by atoms with Crippen LogP contribution >= 0.6 is 0 Å². The smallest absolute Gasteiger partial charge is 0.0614 e. The average Bonchev–Trinajstić information content (AvgIpc) is 2.18. The van der Waals surface area contributed by atoms with E-state index in [9.17, 15) is 0 Å². The van der Waals surface area contributed by atoms with Crippen molar-refractivity contribution < 1.29 is 4.74 Å². The van der Waals surface area contributed by atoms with Gasteiger partial charge in [-0.3, -0.25) is 0 Å². The van der Waals surface area contributed by atoms with Gasteiger partial charge in [-0.25, -0.2) is 0 Å². The van der Waals surface area contributed by atoms with Gasteiger partial charge in [-0.15, -0.1) is 0 Å². The highest BCUT2D eigenvalue weighted by Gasteiger charge is 2.29. The molecule has 0 amide bonds. The van der Waals surface area contributed by atoms with Gasteiger partial charge < -0.3 is 10.5 Å². The van der Waals surface area contributed by atoms with Gasteiger partial charge in [0.25, 0.3) is 0 Å². The van der Waals surface area contributed by atoms with Crippen molar-refractivity contribution in [2.24, 2.45) is 11.7 Å². The van der Waals surface area contributed by atoms with Crippen molar-refractivity contribution >= 4 is 0 Å². The predicted molar refractivity (Wildman–Crippen MR) is 55.6 cm³/mol. The molecule has 3 atom stereocenters. The third-order valence-electron chi connectivity index (χ3n) is 3.23. The van der Waals surface area contributed by atoms with E-state index >= 15 is 0 Å². The van der Waals surface area contributed by atoms with E-state index < -0.39 is 0 Å². The van der Waals surface area contributed by atoms with Gasteiger partial charge in [-0.1, -0.05) is 26.2 Å². The van der Waals surface area contributed by atoms with Crippen LogP contribution in [0, 0.1) is 5.92 Å². The summed E-state index contributed by atoms with van der Waals surface area (Å²) in [6, 6.07) is 0.357. The van der Waals surface area contributed by atoms with Crippen molar-refractivity contribution in [1.29, 1.82) is 0 Å². The van der Waals surface area contributed by atoms with Gasteiger partial charge in [-0.2, -0.15) is 0 Å². The molecule has 0 radical (unpaired) electrons. The first-order valence-corrected chi connectivity index (χ1v) is 5.58. The summed E-state index contributed by atoms with van der Waals surface area (Å²) < 4.78 is 5.49. The lowest BCUT2D eigenvalue weighted by molar-refractivity contribution is 0.0123. The molecule has 0 saturated heterocycles. The molecule has 1 rings (SSSR count). The topological polar surface area (TPSA) is 35.2 Å². The third kappa shape index (κ3) is 2.96. The average molecular weight is 185 g/mol. The van der Waals surface area contributed by atoms with Crippen molar-refractivity contribution in [3.05, 3.63) is 0 Å². The predicted octanol–water partition coefficient (Wildman–Crippen LogP) is 2.32. The normalized spacial score (nSPS) is 31.6. The van der Waals surface area contributed by atoms with Crippen molar-refractivity contribution in [3.63, 3.8) is 0 Å². The summed E-state index contributed by atoms with van der Waals surface area (Å²) in [7, 11) is 1.82. The van der Waals surface area contributed by atoms with Crippen molar-refractivity contribution in [2.75, 3.05) is 7.11 Å². The first-order chi connectivity index (χ1) is 6.29. The number of rotatable bonds is 4. The van der Waals surface area contributed by atoms with Crippen LogP contribution in [0.25, 0.3) is 0 Å². The van der Waals surface area contributed by atoms with E-state index in [4.69, 9.17) is 10.5 Å². The molecular weight excluding hydrogens is 162 g/mol. The molecule has 0 bridgehead atoms. The molecule has 1 aliphatic carbocycles. The maximum atomic E-state index is 6.14. The molecule has 13 heavy (non-hydrogen) atoms. The van der Waals surface area contributed by atoms with Gasteiger partial charge in [0.2, 0.25) is 0 Å². The second kappa shape index (κ2) is 5.61. The Morgan fingerprint density at radius 3 is 2.69 bits per heavy atom. The van der Waals surface area contributed by atoms with Crippen molar-refractivity contribution in [2.45, 2.75) is 57.6 Å². The molecular formula is C11H23NO. The van der Waals surface area contributed by atoms with Crippen LogP contribution in [-0.4, -0.2) is 19.3 Å². The van der Waals surface area contributed by atoms with Gasteiger partial charge in [-0.05, 0) is 19.3 Å². The largest absolute Gasteiger partial charge is 0.381 e. The van der Waals surface area contributed by atoms with Crippen LogP contribution in [0.1, 0.15) is 45.4 Å². The Bertz CT molecular complexity index is 138. The molecule has 1 fully saturated rings. The van der Waals surface area contributed by atoms with Crippen LogP contribution in [0.4, 0.5) is 0 Å². The van der Waals surface area contributed by atoms with Gasteiger partial charge in [0, 0.05) is 19.1 Å². The summed E-state index contributed by atoms with van der Waals surface area (Å²) in [5, 5.41) is 0. The fraction of sp³-hybridized carbons (Fsp3) is 1.00. The summed E-state index contributed by atoms with van der Waals surface area (Å²) in [5.74, 6) is 0.610. The Balaban J connectivity index is 2.43. The van der Waals surface area contributed by atoms with Crippen LogP contribution < -0.4 is 5.73 Å². The molecule has 0 aromatic rings. The maximum absolute atomic E-state index is 6.14. The fourth-order valence-electron chi connectivity index (χ4n) is 2.46. The molecule has 0 aromatic heterocycles. The molecule has 0 heterocycles. The summed E-state index contributed by atoms with van der Waals surface area (Å²) in [5.41, 5.74) is 6.14. The van der Waals surface area contributed by atoms with E-state index in [1.807, 2.05) is 7.11 Å². The lowest BCUT2D eigenvalue weighted by Gasteiger charge is -2.34. The third-order valence-corrected chi connectivity index (χ3v) is 3.23. The molecule has 0 spiro atoms. The van der Waals surface area contributed by atoms with E-state index in [-0.39, 0.29) is 0 Å². The molecule has 2 nitrogen and oxygen atoms in total. The molecule has 0 aliphatic heterocycles. The van der Waals surface area contributed by atoms with Gasteiger partial charge in [0.05, 0.1) is 6.10 Å². The first-order valence-electron chi connectivity index (χ1n) is 5.58. The van der Waals surface area contributed by atoms with Gasteiger partial charge >= 0.3 is 0 Å². The molecule has 1 saturated carbocycles. The van der Waals surface area contributed by atoms with E-state index in [0.29, 0.717) is 18.1 Å². The maximum Gasteiger partial charge on any atom is 0.0614 e. The highest BCUT2D eigenvalue weighted by atomic mass is 16.5. The highest BCUT2D eigenvalue weighted by molar-refractivity contribution is 4.83. The molecule has 1 aliphatic rings. The second-order valence-corrected chi connectivity index (χ2v) is 4.17. The van der Waals surface area contributed by atoms with Crippen LogP contribution in [0.5, 0.6) is 0 Å². The van der Waals surface area contributed by atoms with Crippen LogP contribution in [0.3, 0.4) is 0 Å². The Kier molecular flexibility index (Phi) is 4.74. The van der Waals surface area contributed by atoms with Crippen molar-refractivity contribution in [3.8, 4) is 0 Å². The quantitative estimate of drug-likeness (QED) is 0.729. The molecule has 0 aromatic carbocycles. The van der Waals surface area contributed by atoms with E-state index in [2.05, 4.69) is 6.92 Å². The lowest BCUT2D eigenvalue weighted by atomic mass is 9.80. The molecule has 2 N–H and O–H groups in total. The molecule has 2 heteroatoms. The molecule has 3 unspecified atom stereocenters. The zero-order valence-electron chi connectivity index (χ0n) is 8.96. The number of ether oxygens (including phenoxy) is 1. The van der Waals surface area contributed by atoms with E-state index in [1.54, 1.807) is 0 Å². The Morgan fingerprint density at radius 2 is 2.08 bits per heavy atom. The summed E-state index contributed by atoms with van der Waals surface area (Å²) in [6.07, 6.45) is 7.88. The van der Waals surface area contributed by atoms with Gasteiger partial charge in [0.1, 0.15) is 0 Å². The Labute approximate surface area is 81.8 Å². The van der Waals surface area contributed by atoms with Crippen LogP contribution in [0.15, 0.2) is 0 Å². The standard InChI is InChI=1S/C11H23NO/c1-3-6-10(12)9-7-4-5-8-11(9)13-2/h9-11H,3-8,12H2,1-2H3. The highest BCUT2D eigenvalue weighted by Crippen LogP contribution is 2.29. The second-order valence-electron chi connectivity index (χ2n) is 4.17. The Morgan fingerprint density at radius 1 is 1.38 bits per heavy atom. The van der Waals surface area contributed by atoms with Crippen LogP contribution in [-0.2, 0) is 4.74 Å². The number of hydrogen-bond donors (Lipinski definition) is 1. The summed E-state index contributed by atoms with van der Waals surface area (Å²) in [6.45, 7) is 2.20. The van der Waals surface area contributed by atoms with Crippen molar-refractivity contribution in [1.82, 2.24) is 0 Å². The summed E-state index contributed by atoms with van der Waals surface area (Å²) >= 11 is 0. The minimum Gasteiger partial charge on any atom is -0.381 e. The zero-order chi connectivity index (χ0) is 9.68. The minimum atomic E-state index is 0.357. The van der Waals surface area contributed by atoms with Crippen LogP contribution in [0.2, 0.25) is 0 Å². The number of nitrogens with two attached hydrogens (primary N) is 1.